The fraction of sp³-hybridized carbons (Fsp3) is 0.333. The molecule has 1 saturated carbocycles. The van der Waals surface area contributed by atoms with Crippen LogP contribution in [0.5, 0.6) is 0 Å². The molecule has 0 radical (unpaired) electrons. The second-order valence-corrected chi connectivity index (χ2v) is 5.05. The second kappa shape index (κ2) is 4.41. The van der Waals surface area contributed by atoms with Crippen LogP contribution in [0.25, 0.3) is 0 Å². The number of benzene rings is 1. The Bertz CT molecular complexity index is 488. The molecule has 2 atom stereocenters. The van der Waals surface area contributed by atoms with Crippen LogP contribution in [0.2, 0.25) is 0 Å². The summed E-state index contributed by atoms with van der Waals surface area (Å²) in [5, 5.41) is 2.20. The lowest BCUT2D eigenvalue weighted by Crippen LogP contribution is -2.19. The Kier molecular flexibility index (Phi) is 2.74. The topological polar surface area (TPSA) is 46.2 Å². The van der Waals surface area contributed by atoms with E-state index in [1.165, 1.54) is 19.3 Å². The maximum absolute atomic E-state index is 10.9. The van der Waals surface area contributed by atoms with Crippen LogP contribution in [0.3, 0.4) is 0 Å². The lowest BCUT2D eigenvalue weighted by atomic mass is 10.1. The summed E-state index contributed by atoms with van der Waals surface area (Å²) in [6.45, 7) is 0. The zero-order chi connectivity index (χ0) is 12.5. The first-order chi connectivity index (χ1) is 8.74. The molecule has 92 valence electrons. The number of carbonyl (C=O) groups excluding carboxylic acids is 2. The first-order valence-corrected chi connectivity index (χ1v) is 6.37. The maximum atomic E-state index is 10.9. The molecule has 2 bridgehead atoms. The van der Waals surface area contributed by atoms with Gasteiger partial charge in [0.1, 0.15) is 0 Å². The van der Waals surface area contributed by atoms with E-state index in [1.54, 1.807) is 24.3 Å². The molecule has 3 heteroatoms. The molecule has 2 amide bonds. The van der Waals surface area contributed by atoms with Gasteiger partial charge in [0.15, 0.2) is 0 Å². The highest BCUT2D eigenvalue weighted by molar-refractivity contribution is 6.21. The van der Waals surface area contributed by atoms with Gasteiger partial charge in [-0.2, -0.15) is 0 Å². The average Bonchev–Trinajstić information content (AvgIpc) is 3.09. The molecule has 18 heavy (non-hydrogen) atoms. The summed E-state index contributed by atoms with van der Waals surface area (Å²) in [5.41, 5.74) is 0.940. The number of hydrogen-bond acceptors (Lipinski definition) is 2. The smallest absolute Gasteiger partial charge is 0.258 e. The summed E-state index contributed by atoms with van der Waals surface area (Å²) in [5.74, 6) is 1.38. The number of fused-ring (bicyclic) bond motifs is 3. The third-order valence-electron chi connectivity index (χ3n) is 3.81. The van der Waals surface area contributed by atoms with Gasteiger partial charge in [0.25, 0.3) is 11.8 Å². The van der Waals surface area contributed by atoms with Crippen molar-refractivity contribution in [2.45, 2.75) is 19.3 Å². The zero-order valence-corrected chi connectivity index (χ0v) is 10.1. The van der Waals surface area contributed by atoms with E-state index in [-0.39, 0.29) is 11.8 Å². The Balaban J connectivity index is 0.000000122. The minimum absolute atomic E-state index is 0.300. The Labute approximate surface area is 106 Å². The molecule has 1 aromatic rings. The van der Waals surface area contributed by atoms with Gasteiger partial charge >= 0.3 is 0 Å². The van der Waals surface area contributed by atoms with Crippen LogP contribution in [0.15, 0.2) is 36.4 Å². The predicted molar refractivity (Wildman–Crippen MR) is 68.2 cm³/mol. The highest BCUT2D eigenvalue weighted by Crippen LogP contribution is 2.38. The maximum Gasteiger partial charge on any atom is 0.258 e. The van der Waals surface area contributed by atoms with Gasteiger partial charge in [0.05, 0.1) is 11.1 Å². The first-order valence-electron chi connectivity index (χ1n) is 6.37. The van der Waals surface area contributed by atoms with Crippen molar-refractivity contribution >= 4 is 11.8 Å². The summed E-state index contributed by atoms with van der Waals surface area (Å²) >= 11 is 0. The van der Waals surface area contributed by atoms with Crippen LogP contribution in [0.1, 0.15) is 40.0 Å². The Morgan fingerprint density at radius 3 is 1.72 bits per heavy atom. The number of hydrogen-bond donors (Lipinski definition) is 1. The van der Waals surface area contributed by atoms with Gasteiger partial charge in [-0.15, -0.1) is 0 Å². The van der Waals surface area contributed by atoms with Crippen molar-refractivity contribution in [1.82, 2.24) is 5.32 Å². The van der Waals surface area contributed by atoms with E-state index in [9.17, 15) is 9.59 Å². The van der Waals surface area contributed by atoms with E-state index in [1.807, 2.05) is 0 Å². The van der Waals surface area contributed by atoms with Gasteiger partial charge in [-0.05, 0) is 43.2 Å². The van der Waals surface area contributed by atoms with Crippen LogP contribution in [0, 0.1) is 11.8 Å². The summed E-state index contributed by atoms with van der Waals surface area (Å²) in [6.07, 6.45) is 9.19. The van der Waals surface area contributed by atoms with Crippen molar-refractivity contribution in [2.75, 3.05) is 0 Å². The molecule has 2 unspecified atom stereocenters. The van der Waals surface area contributed by atoms with Crippen LogP contribution >= 0.6 is 0 Å². The Morgan fingerprint density at radius 2 is 1.39 bits per heavy atom. The minimum atomic E-state index is -0.300. The van der Waals surface area contributed by atoms with Crippen LogP contribution in [-0.4, -0.2) is 11.8 Å². The first kappa shape index (κ1) is 11.2. The number of amides is 2. The predicted octanol–water partition coefficient (Wildman–Crippen LogP) is 2.54. The van der Waals surface area contributed by atoms with Crippen molar-refractivity contribution in [3.63, 3.8) is 0 Å². The molecule has 1 aromatic carbocycles. The van der Waals surface area contributed by atoms with Gasteiger partial charge < -0.3 is 0 Å². The molecule has 4 rings (SSSR count). The van der Waals surface area contributed by atoms with Gasteiger partial charge in [-0.1, -0.05) is 24.3 Å². The van der Waals surface area contributed by atoms with E-state index in [2.05, 4.69) is 17.5 Å². The fourth-order valence-electron chi connectivity index (χ4n) is 2.83. The number of nitrogens with one attached hydrogen (secondary N) is 1. The van der Waals surface area contributed by atoms with Crippen molar-refractivity contribution in [2.24, 2.45) is 11.8 Å². The molecule has 0 saturated heterocycles. The number of imide groups is 1. The molecule has 3 nitrogen and oxygen atoms in total. The van der Waals surface area contributed by atoms with Crippen molar-refractivity contribution in [1.29, 1.82) is 0 Å². The SMILES string of the molecule is C1=CC2CCC1C2.O=C1NC(=O)c2ccccc21. The fourth-order valence-corrected chi connectivity index (χ4v) is 2.83. The van der Waals surface area contributed by atoms with Crippen LogP contribution in [-0.2, 0) is 0 Å². The molecule has 3 aliphatic rings. The molecule has 1 N–H and O–H groups in total. The highest BCUT2D eigenvalue weighted by Gasteiger charge is 2.25. The molecule has 2 aliphatic carbocycles. The number of rotatable bonds is 0. The van der Waals surface area contributed by atoms with Crippen molar-refractivity contribution < 1.29 is 9.59 Å². The molecule has 1 heterocycles. The molecule has 0 spiro atoms. The normalized spacial score (nSPS) is 26.7. The van der Waals surface area contributed by atoms with Gasteiger partial charge in [-0.25, -0.2) is 0 Å². The standard InChI is InChI=1S/C8H5NO2.C7H10/c10-7-5-3-1-2-4-6(5)8(11)9-7;1-2-7-4-3-6(1)5-7/h1-4H,(H,9,10,11);1-2,6-7H,3-5H2. The Morgan fingerprint density at radius 1 is 0.889 bits per heavy atom. The second-order valence-electron chi connectivity index (χ2n) is 5.05. The van der Waals surface area contributed by atoms with E-state index in [4.69, 9.17) is 0 Å². The molecule has 0 aromatic heterocycles. The van der Waals surface area contributed by atoms with Gasteiger partial charge in [0.2, 0.25) is 0 Å². The number of carbonyl (C=O) groups is 2. The highest BCUT2D eigenvalue weighted by atomic mass is 16.2. The molecule has 1 aliphatic heterocycles. The van der Waals surface area contributed by atoms with Crippen molar-refractivity contribution in [3.8, 4) is 0 Å². The lowest BCUT2D eigenvalue weighted by Gasteiger charge is -1.96. The van der Waals surface area contributed by atoms with Crippen LogP contribution in [0.4, 0.5) is 0 Å². The molecule has 1 fully saturated rings. The van der Waals surface area contributed by atoms with E-state index >= 15 is 0 Å². The van der Waals surface area contributed by atoms with E-state index < -0.39 is 0 Å². The zero-order valence-electron chi connectivity index (χ0n) is 10.1. The summed E-state index contributed by atoms with van der Waals surface area (Å²) in [4.78, 5) is 21.9. The van der Waals surface area contributed by atoms with E-state index in [0.29, 0.717) is 11.1 Å². The summed E-state index contributed by atoms with van der Waals surface area (Å²) in [7, 11) is 0. The summed E-state index contributed by atoms with van der Waals surface area (Å²) in [6, 6.07) is 6.74. The van der Waals surface area contributed by atoms with Crippen molar-refractivity contribution in [3.05, 3.63) is 47.5 Å². The number of allylic oxidation sites excluding steroid dienone is 2. The monoisotopic (exact) mass is 241 g/mol. The summed E-state index contributed by atoms with van der Waals surface area (Å²) < 4.78 is 0. The van der Waals surface area contributed by atoms with E-state index in [0.717, 1.165) is 11.8 Å². The lowest BCUT2D eigenvalue weighted by molar-refractivity contribution is 0.0879. The minimum Gasteiger partial charge on any atom is -0.288 e. The third kappa shape index (κ3) is 1.96. The van der Waals surface area contributed by atoms with Gasteiger partial charge in [-0.3, -0.25) is 14.9 Å². The quantitative estimate of drug-likeness (QED) is 0.560. The largest absolute Gasteiger partial charge is 0.288 e. The van der Waals surface area contributed by atoms with Gasteiger partial charge in [0, 0.05) is 0 Å². The average molecular weight is 241 g/mol. The molecular weight excluding hydrogens is 226 g/mol. The van der Waals surface area contributed by atoms with Crippen LogP contribution < -0.4 is 5.32 Å². The Hall–Kier alpha value is -1.90. The third-order valence-corrected chi connectivity index (χ3v) is 3.81. The molecular formula is C15H15NO2.